The Morgan fingerprint density at radius 1 is 1.21 bits per heavy atom. The number of amides is 2. The van der Waals surface area contributed by atoms with E-state index >= 15 is 0 Å². The second-order valence-corrected chi connectivity index (χ2v) is 4.62. The van der Waals surface area contributed by atoms with Crippen molar-refractivity contribution in [3.63, 3.8) is 0 Å². The minimum Gasteiger partial charge on any atom is -0.328 e. The van der Waals surface area contributed by atoms with Crippen LogP contribution in [0, 0.1) is 0 Å². The van der Waals surface area contributed by atoms with Gasteiger partial charge in [0.1, 0.15) is 0 Å². The summed E-state index contributed by atoms with van der Waals surface area (Å²) < 4.78 is 0. The summed E-state index contributed by atoms with van der Waals surface area (Å²) in [6.45, 7) is 11.9. The van der Waals surface area contributed by atoms with Crippen molar-refractivity contribution in [2.24, 2.45) is 0 Å². The minimum absolute atomic E-state index is 0.0894. The number of hydrogen-bond donors (Lipinski definition) is 0. The van der Waals surface area contributed by atoms with E-state index in [2.05, 4.69) is 27.7 Å². The first-order valence-electron chi connectivity index (χ1n) is 5.37. The van der Waals surface area contributed by atoms with Crippen molar-refractivity contribution in [1.82, 2.24) is 9.80 Å². The molecule has 0 aliphatic carbocycles. The molecule has 3 nitrogen and oxygen atoms in total. The van der Waals surface area contributed by atoms with Crippen LogP contribution >= 0.6 is 0 Å². The van der Waals surface area contributed by atoms with Crippen LogP contribution in [0.4, 0.5) is 4.79 Å². The number of hydrogen-bond acceptors (Lipinski definition) is 1. The van der Waals surface area contributed by atoms with Gasteiger partial charge in [0.05, 0.1) is 0 Å². The van der Waals surface area contributed by atoms with Gasteiger partial charge in [-0.1, -0.05) is 6.92 Å². The molecule has 0 saturated heterocycles. The van der Waals surface area contributed by atoms with Crippen LogP contribution in [0.15, 0.2) is 0 Å². The molecule has 0 aliphatic heterocycles. The van der Waals surface area contributed by atoms with Gasteiger partial charge in [0.15, 0.2) is 0 Å². The fourth-order valence-electron chi connectivity index (χ4n) is 1.53. The van der Waals surface area contributed by atoms with Gasteiger partial charge in [-0.05, 0) is 34.1 Å². The SMILES string of the molecule is CCCN(C)C(=O)N(CC)C(C)(C)C. The number of urea groups is 1. The first-order chi connectivity index (χ1) is 6.34. The Labute approximate surface area is 88.1 Å². The Hall–Kier alpha value is -0.730. The Morgan fingerprint density at radius 2 is 1.71 bits per heavy atom. The van der Waals surface area contributed by atoms with Crippen LogP contribution in [-0.4, -0.2) is 41.5 Å². The zero-order valence-corrected chi connectivity index (χ0v) is 10.4. The van der Waals surface area contributed by atoms with Gasteiger partial charge in [-0.2, -0.15) is 0 Å². The summed E-state index contributed by atoms with van der Waals surface area (Å²) in [5.41, 5.74) is -0.0894. The van der Waals surface area contributed by atoms with E-state index in [1.807, 2.05) is 18.9 Å². The number of carbonyl (C=O) groups excluding carboxylic acids is 1. The quantitative estimate of drug-likeness (QED) is 0.687. The Kier molecular flexibility index (Phi) is 4.95. The molecular formula is C11H24N2O. The lowest BCUT2D eigenvalue weighted by Gasteiger charge is -2.37. The summed E-state index contributed by atoms with van der Waals surface area (Å²) in [5, 5.41) is 0. The summed E-state index contributed by atoms with van der Waals surface area (Å²) in [6.07, 6.45) is 1.00. The maximum absolute atomic E-state index is 12.0. The first kappa shape index (κ1) is 13.3. The number of rotatable bonds is 3. The van der Waals surface area contributed by atoms with Gasteiger partial charge in [0.25, 0.3) is 0 Å². The molecule has 0 spiro atoms. The predicted octanol–water partition coefficient (Wildman–Crippen LogP) is 2.57. The third kappa shape index (κ3) is 3.56. The fraction of sp³-hybridized carbons (Fsp3) is 0.909. The molecule has 0 saturated carbocycles. The smallest absolute Gasteiger partial charge is 0.320 e. The minimum atomic E-state index is -0.0894. The summed E-state index contributed by atoms with van der Waals surface area (Å²) >= 11 is 0. The van der Waals surface area contributed by atoms with Crippen molar-refractivity contribution in [2.75, 3.05) is 20.1 Å². The van der Waals surface area contributed by atoms with E-state index in [4.69, 9.17) is 0 Å². The highest BCUT2D eigenvalue weighted by Gasteiger charge is 2.26. The van der Waals surface area contributed by atoms with E-state index < -0.39 is 0 Å². The van der Waals surface area contributed by atoms with Gasteiger partial charge in [0.2, 0.25) is 0 Å². The van der Waals surface area contributed by atoms with Gasteiger partial charge in [-0.15, -0.1) is 0 Å². The molecule has 0 aromatic heterocycles. The third-order valence-corrected chi connectivity index (χ3v) is 2.24. The third-order valence-electron chi connectivity index (χ3n) is 2.24. The van der Waals surface area contributed by atoms with Gasteiger partial charge in [0, 0.05) is 25.7 Å². The number of carbonyl (C=O) groups is 1. The predicted molar refractivity (Wildman–Crippen MR) is 60.5 cm³/mol. The molecule has 0 fully saturated rings. The van der Waals surface area contributed by atoms with E-state index in [-0.39, 0.29) is 11.6 Å². The van der Waals surface area contributed by atoms with E-state index in [9.17, 15) is 4.79 Å². The van der Waals surface area contributed by atoms with Gasteiger partial charge in [-0.25, -0.2) is 4.79 Å². The van der Waals surface area contributed by atoms with Crippen molar-refractivity contribution in [1.29, 1.82) is 0 Å². The van der Waals surface area contributed by atoms with Crippen LogP contribution in [0.3, 0.4) is 0 Å². The molecule has 0 rings (SSSR count). The lowest BCUT2D eigenvalue weighted by atomic mass is 10.1. The van der Waals surface area contributed by atoms with Crippen molar-refractivity contribution in [3.8, 4) is 0 Å². The second kappa shape index (κ2) is 5.23. The van der Waals surface area contributed by atoms with E-state index in [0.717, 1.165) is 19.5 Å². The topological polar surface area (TPSA) is 23.6 Å². The van der Waals surface area contributed by atoms with Crippen LogP contribution in [0.5, 0.6) is 0 Å². The van der Waals surface area contributed by atoms with Crippen LogP contribution in [-0.2, 0) is 0 Å². The molecule has 0 unspecified atom stereocenters. The lowest BCUT2D eigenvalue weighted by Crippen LogP contribution is -2.50. The van der Waals surface area contributed by atoms with Crippen molar-refractivity contribution >= 4 is 6.03 Å². The van der Waals surface area contributed by atoms with Crippen molar-refractivity contribution in [3.05, 3.63) is 0 Å². The van der Waals surface area contributed by atoms with E-state index in [1.165, 1.54) is 0 Å². The Morgan fingerprint density at radius 3 is 2.00 bits per heavy atom. The molecule has 0 aromatic rings. The fourth-order valence-corrected chi connectivity index (χ4v) is 1.53. The molecule has 0 N–H and O–H groups in total. The van der Waals surface area contributed by atoms with Gasteiger partial charge >= 0.3 is 6.03 Å². The highest BCUT2D eigenvalue weighted by Crippen LogP contribution is 2.14. The molecule has 84 valence electrons. The molecule has 14 heavy (non-hydrogen) atoms. The molecule has 0 aromatic carbocycles. The maximum Gasteiger partial charge on any atom is 0.320 e. The zero-order chi connectivity index (χ0) is 11.4. The molecule has 0 atom stereocenters. The normalized spacial score (nSPS) is 11.3. The molecule has 2 amide bonds. The van der Waals surface area contributed by atoms with Gasteiger partial charge < -0.3 is 9.80 Å². The molecule has 3 heteroatoms. The first-order valence-corrected chi connectivity index (χ1v) is 5.37. The highest BCUT2D eigenvalue weighted by molar-refractivity contribution is 5.74. The average molecular weight is 200 g/mol. The largest absolute Gasteiger partial charge is 0.328 e. The highest BCUT2D eigenvalue weighted by atomic mass is 16.2. The maximum atomic E-state index is 12.0. The molecule has 0 aliphatic rings. The average Bonchev–Trinajstić information content (AvgIpc) is 2.03. The standard InChI is InChI=1S/C11H24N2O/c1-7-9-12(6)10(14)13(8-2)11(3,4)5/h7-9H2,1-6H3. The Balaban J connectivity index is 4.47. The molecular weight excluding hydrogens is 176 g/mol. The van der Waals surface area contributed by atoms with Gasteiger partial charge in [-0.3, -0.25) is 0 Å². The summed E-state index contributed by atoms with van der Waals surface area (Å²) in [6, 6.07) is 0.127. The van der Waals surface area contributed by atoms with Crippen molar-refractivity contribution < 1.29 is 4.79 Å². The van der Waals surface area contributed by atoms with Crippen molar-refractivity contribution in [2.45, 2.75) is 46.6 Å². The monoisotopic (exact) mass is 200 g/mol. The van der Waals surface area contributed by atoms with E-state index in [0.29, 0.717) is 0 Å². The van der Waals surface area contributed by atoms with E-state index in [1.54, 1.807) is 4.90 Å². The van der Waals surface area contributed by atoms with Crippen LogP contribution in [0.1, 0.15) is 41.0 Å². The summed E-state index contributed by atoms with van der Waals surface area (Å²) in [7, 11) is 1.86. The van der Waals surface area contributed by atoms with Crippen LogP contribution < -0.4 is 0 Å². The second-order valence-electron chi connectivity index (χ2n) is 4.62. The number of nitrogens with zero attached hydrogens (tertiary/aromatic N) is 2. The summed E-state index contributed by atoms with van der Waals surface area (Å²) in [5.74, 6) is 0. The molecule has 0 heterocycles. The van der Waals surface area contributed by atoms with Crippen LogP contribution in [0.2, 0.25) is 0 Å². The Bertz CT molecular complexity index is 184. The molecule has 0 bridgehead atoms. The van der Waals surface area contributed by atoms with Crippen LogP contribution in [0.25, 0.3) is 0 Å². The molecule has 0 radical (unpaired) electrons. The zero-order valence-electron chi connectivity index (χ0n) is 10.4. The lowest BCUT2D eigenvalue weighted by molar-refractivity contribution is 0.120. The summed E-state index contributed by atoms with van der Waals surface area (Å²) in [4.78, 5) is 15.6.